The van der Waals surface area contributed by atoms with Gasteiger partial charge >= 0.3 is 5.97 Å². The van der Waals surface area contributed by atoms with Crippen molar-refractivity contribution in [2.24, 2.45) is 4.99 Å². The van der Waals surface area contributed by atoms with Gasteiger partial charge in [0.1, 0.15) is 0 Å². The predicted molar refractivity (Wildman–Crippen MR) is 155 cm³/mol. The molecule has 0 fully saturated rings. The van der Waals surface area contributed by atoms with Gasteiger partial charge in [-0.05, 0) is 79.6 Å². The van der Waals surface area contributed by atoms with E-state index in [1.165, 1.54) is 22.0 Å². The number of hydrogen-bond acceptors (Lipinski definition) is 9. The maximum atomic E-state index is 13.8. The van der Waals surface area contributed by atoms with Gasteiger partial charge in [-0.25, -0.2) is 9.79 Å². The Hall–Kier alpha value is -3.52. The highest BCUT2D eigenvalue weighted by atomic mass is 127. The van der Waals surface area contributed by atoms with Crippen LogP contribution in [0.3, 0.4) is 0 Å². The number of carbonyl (C=O) groups is 1. The Bertz CT molecular complexity index is 1690. The Balaban J connectivity index is 1.96. The van der Waals surface area contributed by atoms with Gasteiger partial charge < -0.3 is 14.2 Å². The second-order valence-electron chi connectivity index (χ2n) is 8.57. The molecule has 0 aliphatic carbocycles. The summed E-state index contributed by atoms with van der Waals surface area (Å²) in [5.41, 5.74) is 1.64. The Morgan fingerprint density at radius 1 is 1.23 bits per heavy atom. The zero-order valence-electron chi connectivity index (χ0n) is 21.9. The molecule has 0 saturated carbocycles. The van der Waals surface area contributed by atoms with Crippen LogP contribution in [0, 0.1) is 20.6 Å². The molecule has 0 N–H and O–H groups in total. The second-order valence-corrected chi connectivity index (χ2v) is 10.7. The summed E-state index contributed by atoms with van der Waals surface area (Å²) >= 11 is 3.32. The Labute approximate surface area is 241 Å². The highest BCUT2D eigenvalue weighted by Crippen LogP contribution is 2.35. The van der Waals surface area contributed by atoms with Crippen molar-refractivity contribution in [1.29, 1.82) is 0 Å². The van der Waals surface area contributed by atoms with Crippen molar-refractivity contribution in [1.82, 2.24) is 4.57 Å². The van der Waals surface area contributed by atoms with Gasteiger partial charge in [0.25, 0.3) is 11.2 Å². The lowest BCUT2D eigenvalue weighted by Crippen LogP contribution is -2.40. The standard InChI is InChI=1S/C27H26IN3O7S/c1-6-37-24-18(28)10-16(11-20(24)36-5)12-21-25(32)30-23(17-9-8-14(3)19(13-17)31(34)35)22(26(33)38-7-2)15(4)29-27(30)39-21/h8-13,23H,6-7H2,1-5H3/b21-12+/t23-/m1/s1. The van der Waals surface area contributed by atoms with Crippen LogP contribution in [0.25, 0.3) is 6.08 Å². The number of hydrogen-bond donors (Lipinski definition) is 0. The van der Waals surface area contributed by atoms with Crippen LogP contribution in [0.2, 0.25) is 0 Å². The van der Waals surface area contributed by atoms with Crippen LogP contribution in [0.4, 0.5) is 5.69 Å². The number of aryl methyl sites for hydroxylation is 1. The van der Waals surface area contributed by atoms with E-state index in [2.05, 4.69) is 27.6 Å². The predicted octanol–water partition coefficient (Wildman–Crippen LogP) is 4.03. The SMILES string of the molecule is CCOC(=O)C1=C(C)N=c2s/c(=C/c3cc(I)c(OCC)c(OC)c3)c(=O)n2[C@@H]1c1ccc(C)c([N+](=O)[O-])c1. The summed E-state index contributed by atoms with van der Waals surface area (Å²) in [5.74, 6) is 0.523. The number of esters is 1. The number of ether oxygens (including phenoxy) is 3. The largest absolute Gasteiger partial charge is 0.493 e. The molecule has 0 unspecified atom stereocenters. The Morgan fingerprint density at radius 2 is 1.97 bits per heavy atom. The quantitative estimate of drug-likeness (QED) is 0.155. The molecule has 1 aliphatic heterocycles. The van der Waals surface area contributed by atoms with Gasteiger partial charge in [-0.15, -0.1) is 0 Å². The molecule has 12 heteroatoms. The van der Waals surface area contributed by atoms with Gasteiger partial charge in [0, 0.05) is 11.6 Å². The van der Waals surface area contributed by atoms with Crippen molar-refractivity contribution in [2.45, 2.75) is 33.7 Å². The molecule has 4 rings (SSSR count). The number of fused-ring (bicyclic) bond motifs is 1. The minimum absolute atomic E-state index is 0.108. The molecular weight excluding hydrogens is 637 g/mol. The van der Waals surface area contributed by atoms with Crippen molar-refractivity contribution >= 4 is 51.7 Å². The fraction of sp³-hybridized carbons (Fsp3) is 0.296. The van der Waals surface area contributed by atoms with E-state index in [1.807, 2.05) is 13.0 Å². The van der Waals surface area contributed by atoms with Crippen molar-refractivity contribution in [3.63, 3.8) is 0 Å². The summed E-state index contributed by atoms with van der Waals surface area (Å²) in [5, 5.41) is 11.7. The van der Waals surface area contributed by atoms with E-state index in [0.29, 0.717) is 49.8 Å². The fourth-order valence-corrected chi connectivity index (χ4v) is 6.19. The first-order valence-electron chi connectivity index (χ1n) is 12.1. The van der Waals surface area contributed by atoms with E-state index in [9.17, 15) is 19.7 Å². The number of nitro benzene ring substituents is 1. The molecule has 1 atom stereocenters. The van der Waals surface area contributed by atoms with Crippen molar-refractivity contribution in [3.8, 4) is 11.5 Å². The monoisotopic (exact) mass is 663 g/mol. The number of nitrogens with zero attached hydrogens (tertiary/aromatic N) is 3. The number of benzene rings is 2. The summed E-state index contributed by atoms with van der Waals surface area (Å²) in [6.07, 6.45) is 1.72. The third kappa shape index (κ3) is 5.48. The number of thiazole rings is 1. The number of nitro groups is 1. The van der Waals surface area contributed by atoms with Crippen LogP contribution in [0.1, 0.15) is 43.5 Å². The molecule has 204 valence electrons. The molecule has 1 aliphatic rings. The average molecular weight is 663 g/mol. The number of aromatic nitrogens is 1. The van der Waals surface area contributed by atoms with Crippen LogP contribution >= 0.6 is 33.9 Å². The number of halogens is 1. The summed E-state index contributed by atoms with van der Waals surface area (Å²) in [6.45, 7) is 7.46. The molecule has 0 spiro atoms. The minimum atomic E-state index is -0.947. The summed E-state index contributed by atoms with van der Waals surface area (Å²) < 4.78 is 19.1. The lowest BCUT2D eigenvalue weighted by Gasteiger charge is -2.24. The number of carbonyl (C=O) groups excluding carboxylic acids is 1. The maximum absolute atomic E-state index is 13.8. The third-order valence-corrected chi connectivity index (χ3v) is 7.89. The second kappa shape index (κ2) is 11.7. The van der Waals surface area contributed by atoms with Gasteiger partial charge in [0.15, 0.2) is 16.3 Å². The lowest BCUT2D eigenvalue weighted by molar-refractivity contribution is -0.385. The van der Waals surface area contributed by atoms with Gasteiger partial charge in [0.05, 0.1) is 50.7 Å². The molecule has 2 aromatic carbocycles. The van der Waals surface area contributed by atoms with Crippen LogP contribution < -0.4 is 24.4 Å². The van der Waals surface area contributed by atoms with Gasteiger partial charge in [-0.2, -0.15) is 0 Å². The highest BCUT2D eigenvalue weighted by molar-refractivity contribution is 14.1. The van der Waals surface area contributed by atoms with Crippen LogP contribution in [0.5, 0.6) is 11.5 Å². The van der Waals surface area contributed by atoms with Crippen LogP contribution in [-0.2, 0) is 9.53 Å². The van der Waals surface area contributed by atoms with E-state index in [-0.39, 0.29) is 23.4 Å². The highest BCUT2D eigenvalue weighted by Gasteiger charge is 2.34. The fourth-order valence-electron chi connectivity index (χ4n) is 4.36. The van der Waals surface area contributed by atoms with E-state index in [0.717, 1.165) is 3.57 Å². The van der Waals surface area contributed by atoms with Crippen LogP contribution in [0.15, 0.2) is 51.4 Å². The molecule has 10 nitrogen and oxygen atoms in total. The smallest absolute Gasteiger partial charge is 0.338 e. The molecule has 0 amide bonds. The molecule has 0 saturated heterocycles. The zero-order chi connectivity index (χ0) is 28.4. The summed E-state index contributed by atoms with van der Waals surface area (Å²) in [7, 11) is 1.55. The first kappa shape index (κ1) is 28.5. The number of methoxy groups -OCH3 is 1. The molecule has 0 bridgehead atoms. The molecule has 3 aromatic rings. The summed E-state index contributed by atoms with van der Waals surface area (Å²) in [4.78, 5) is 43.1. The van der Waals surface area contributed by atoms with E-state index in [4.69, 9.17) is 14.2 Å². The Kier molecular flexibility index (Phi) is 8.54. The number of allylic oxidation sites excluding steroid dienone is 1. The normalized spacial score (nSPS) is 15.0. The van der Waals surface area contributed by atoms with Crippen LogP contribution in [-0.4, -0.2) is 35.8 Å². The van der Waals surface area contributed by atoms with Gasteiger partial charge in [-0.1, -0.05) is 23.5 Å². The van der Waals surface area contributed by atoms with E-state index < -0.39 is 16.9 Å². The van der Waals surface area contributed by atoms with Crippen molar-refractivity contribution in [3.05, 3.63) is 91.7 Å². The third-order valence-electron chi connectivity index (χ3n) is 6.10. The van der Waals surface area contributed by atoms with Gasteiger partial charge in [0.2, 0.25) is 0 Å². The van der Waals surface area contributed by atoms with E-state index >= 15 is 0 Å². The zero-order valence-corrected chi connectivity index (χ0v) is 24.9. The van der Waals surface area contributed by atoms with E-state index in [1.54, 1.807) is 52.2 Å². The molecular formula is C27H26IN3O7S. The summed E-state index contributed by atoms with van der Waals surface area (Å²) in [6, 6.07) is 7.40. The van der Waals surface area contributed by atoms with Crippen molar-refractivity contribution < 1.29 is 23.9 Å². The minimum Gasteiger partial charge on any atom is -0.493 e. The molecule has 0 radical (unpaired) electrons. The average Bonchev–Trinajstić information content (AvgIpc) is 3.19. The first-order valence-corrected chi connectivity index (χ1v) is 14.0. The topological polar surface area (TPSA) is 122 Å². The molecule has 2 heterocycles. The molecule has 39 heavy (non-hydrogen) atoms. The molecule has 1 aromatic heterocycles. The lowest BCUT2D eigenvalue weighted by atomic mass is 9.94. The number of rotatable bonds is 8. The van der Waals surface area contributed by atoms with Gasteiger partial charge in [-0.3, -0.25) is 19.5 Å². The maximum Gasteiger partial charge on any atom is 0.338 e. The Morgan fingerprint density at radius 3 is 2.62 bits per heavy atom. The van der Waals surface area contributed by atoms with Crippen molar-refractivity contribution in [2.75, 3.05) is 20.3 Å². The first-order chi connectivity index (χ1) is 18.6.